The van der Waals surface area contributed by atoms with Crippen LogP contribution in [0.5, 0.6) is 5.75 Å². The highest BCUT2D eigenvalue weighted by Crippen LogP contribution is 2.25. The fraction of sp³-hybridized carbons (Fsp3) is 0.240. The SMILES string of the molecule is COc1ccc(SC(=O)C[C@@H](CCc2ccccc2)NS(=O)(=O)c2ccc(C)cc2)cc1. The second-order valence-corrected chi connectivity index (χ2v) is 10.4. The van der Waals surface area contributed by atoms with Crippen LogP contribution in [0.15, 0.2) is 88.7 Å². The van der Waals surface area contributed by atoms with Gasteiger partial charge in [-0.2, -0.15) is 0 Å². The minimum absolute atomic E-state index is 0.0919. The number of rotatable bonds is 10. The minimum atomic E-state index is -3.74. The standard InChI is InChI=1S/C25H27NO4S2/c1-19-8-16-24(17-9-19)32(28,29)26-21(11-10-20-6-4-3-5-7-20)18-25(27)31-23-14-12-22(30-2)13-15-23/h3-9,12-17,21,26H,10-11,18H2,1-2H3/t21-/m1/s1. The number of ether oxygens (including phenoxy) is 1. The number of carbonyl (C=O) groups is 1. The van der Waals surface area contributed by atoms with Gasteiger partial charge in [0.15, 0.2) is 5.12 Å². The highest BCUT2D eigenvalue weighted by Gasteiger charge is 2.23. The van der Waals surface area contributed by atoms with Crippen molar-refractivity contribution < 1.29 is 17.9 Å². The zero-order chi connectivity index (χ0) is 23.0. The van der Waals surface area contributed by atoms with Gasteiger partial charge in [-0.15, -0.1) is 0 Å². The lowest BCUT2D eigenvalue weighted by Gasteiger charge is -2.18. The number of methoxy groups -OCH3 is 1. The van der Waals surface area contributed by atoms with Crippen molar-refractivity contribution in [3.8, 4) is 5.75 Å². The molecule has 3 aromatic rings. The molecule has 0 unspecified atom stereocenters. The van der Waals surface area contributed by atoms with Gasteiger partial charge in [-0.25, -0.2) is 13.1 Å². The Labute approximate surface area is 194 Å². The van der Waals surface area contributed by atoms with Gasteiger partial charge in [0.25, 0.3) is 0 Å². The number of sulfonamides is 1. The molecule has 1 atom stereocenters. The average molecular weight is 470 g/mol. The second kappa shape index (κ2) is 11.3. The summed E-state index contributed by atoms with van der Waals surface area (Å²) in [6.07, 6.45) is 1.28. The van der Waals surface area contributed by atoms with Crippen molar-refractivity contribution in [1.82, 2.24) is 4.72 Å². The summed E-state index contributed by atoms with van der Waals surface area (Å²) in [5.41, 5.74) is 2.08. The molecule has 0 saturated heterocycles. The average Bonchev–Trinajstić information content (AvgIpc) is 2.79. The van der Waals surface area contributed by atoms with Crippen molar-refractivity contribution in [2.45, 2.75) is 42.0 Å². The van der Waals surface area contributed by atoms with Gasteiger partial charge in [0.05, 0.1) is 12.0 Å². The van der Waals surface area contributed by atoms with Gasteiger partial charge in [-0.05, 0) is 61.7 Å². The molecule has 0 spiro atoms. The Morgan fingerprint density at radius 3 is 2.25 bits per heavy atom. The van der Waals surface area contributed by atoms with E-state index in [2.05, 4.69) is 4.72 Å². The normalized spacial score (nSPS) is 12.3. The summed E-state index contributed by atoms with van der Waals surface area (Å²) >= 11 is 1.11. The van der Waals surface area contributed by atoms with Crippen molar-refractivity contribution >= 4 is 26.9 Å². The Bertz CT molecular complexity index is 1110. The quantitative estimate of drug-likeness (QED) is 0.424. The fourth-order valence-electron chi connectivity index (χ4n) is 3.21. The number of hydrogen-bond acceptors (Lipinski definition) is 5. The van der Waals surface area contributed by atoms with Crippen molar-refractivity contribution in [3.05, 3.63) is 90.0 Å². The first-order valence-electron chi connectivity index (χ1n) is 10.3. The molecule has 1 N–H and O–H groups in total. The number of aryl methyl sites for hydroxylation is 2. The third-order valence-corrected chi connectivity index (χ3v) is 7.42. The maximum Gasteiger partial charge on any atom is 0.240 e. The maximum atomic E-state index is 12.9. The predicted molar refractivity (Wildman–Crippen MR) is 129 cm³/mol. The highest BCUT2D eigenvalue weighted by atomic mass is 32.2. The van der Waals surface area contributed by atoms with Crippen molar-refractivity contribution in [1.29, 1.82) is 0 Å². The van der Waals surface area contributed by atoms with Crippen LogP contribution in [0.1, 0.15) is 24.0 Å². The van der Waals surface area contributed by atoms with E-state index in [1.807, 2.05) is 49.4 Å². The van der Waals surface area contributed by atoms with Crippen LogP contribution in [0, 0.1) is 6.92 Å². The minimum Gasteiger partial charge on any atom is -0.497 e. The second-order valence-electron chi connectivity index (χ2n) is 7.51. The first-order valence-corrected chi connectivity index (χ1v) is 12.6. The molecule has 0 heterocycles. The Kier molecular flexibility index (Phi) is 8.50. The van der Waals surface area contributed by atoms with Gasteiger partial charge in [-0.3, -0.25) is 4.79 Å². The molecule has 5 nitrogen and oxygen atoms in total. The third-order valence-electron chi connectivity index (χ3n) is 4.98. The molecule has 0 aliphatic carbocycles. The third kappa shape index (κ3) is 7.22. The first-order chi connectivity index (χ1) is 15.4. The van der Waals surface area contributed by atoms with Crippen molar-refractivity contribution in [2.75, 3.05) is 7.11 Å². The van der Waals surface area contributed by atoms with E-state index in [9.17, 15) is 13.2 Å². The molecule has 32 heavy (non-hydrogen) atoms. The summed E-state index contributed by atoms with van der Waals surface area (Å²) in [4.78, 5) is 13.7. The lowest BCUT2D eigenvalue weighted by atomic mass is 10.0. The van der Waals surface area contributed by atoms with Gasteiger partial charge in [-0.1, -0.05) is 59.8 Å². The summed E-state index contributed by atoms with van der Waals surface area (Å²) in [7, 11) is -2.15. The molecule has 0 saturated carbocycles. The molecule has 3 aromatic carbocycles. The van der Waals surface area contributed by atoms with Crippen LogP contribution in [0.3, 0.4) is 0 Å². The number of thioether (sulfide) groups is 1. The summed E-state index contributed by atoms with van der Waals surface area (Å²) < 4.78 is 33.8. The first kappa shape index (κ1) is 24.0. The number of hydrogen-bond donors (Lipinski definition) is 1. The van der Waals surface area contributed by atoms with E-state index in [0.717, 1.165) is 27.8 Å². The van der Waals surface area contributed by atoms with Crippen LogP contribution >= 0.6 is 11.8 Å². The van der Waals surface area contributed by atoms with E-state index in [1.165, 1.54) is 0 Å². The van der Waals surface area contributed by atoms with E-state index < -0.39 is 16.1 Å². The van der Waals surface area contributed by atoms with E-state index in [0.29, 0.717) is 18.6 Å². The summed E-state index contributed by atoms with van der Waals surface area (Å²) in [5, 5.41) is -0.0974. The van der Waals surface area contributed by atoms with E-state index in [1.54, 1.807) is 43.5 Å². The number of carbonyl (C=O) groups excluding carboxylic acids is 1. The lowest BCUT2D eigenvalue weighted by Crippen LogP contribution is -2.36. The molecule has 3 rings (SSSR count). The van der Waals surface area contributed by atoms with Gasteiger partial charge < -0.3 is 4.74 Å². The van der Waals surface area contributed by atoms with Crippen LogP contribution < -0.4 is 9.46 Å². The highest BCUT2D eigenvalue weighted by molar-refractivity contribution is 8.13. The lowest BCUT2D eigenvalue weighted by molar-refractivity contribution is -0.111. The summed E-state index contributed by atoms with van der Waals surface area (Å²) in [6, 6.07) is 23.2. The zero-order valence-electron chi connectivity index (χ0n) is 18.2. The Balaban J connectivity index is 1.71. The summed E-state index contributed by atoms with van der Waals surface area (Å²) in [6.45, 7) is 1.90. The van der Waals surface area contributed by atoms with Crippen LogP contribution in [0.2, 0.25) is 0 Å². The summed E-state index contributed by atoms with van der Waals surface area (Å²) in [5.74, 6) is 0.716. The molecule has 0 aromatic heterocycles. The fourth-order valence-corrected chi connectivity index (χ4v) is 5.30. The van der Waals surface area contributed by atoms with Gasteiger partial charge >= 0.3 is 0 Å². The number of benzene rings is 3. The molecule has 0 aliphatic rings. The van der Waals surface area contributed by atoms with Crippen LogP contribution in [-0.4, -0.2) is 26.7 Å². The molecule has 0 radical (unpaired) electrons. The van der Waals surface area contributed by atoms with Gasteiger partial charge in [0.1, 0.15) is 5.75 Å². The molecule has 0 bridgehead atoms. The van der Waals surface area contributed by atoms with E-state index in [-0.39, 0.29) is 16.4 Å². The van der Waals surface area contributed by atoms with Gasteiger partial charge in [0.2, 0.25) is 10.0 Å². The monoisotopic (exact) mass is 469 g/mol. The Morgan fingerprint density at radius 1 is 0.969 bits per heavy atom. The van der Waals surface area contributed by atoms with E-state index in [4.69, 9.17) is 4.74 Å². The van der Waals surface area contributed by atoms with Crippen molar-refractivity contribution in [2.24, 2.45) is 0 Å². The Morgan fingerprint density at radius 2 is 1.62 bits per heavy atom. The predicted octanol–water partition coefficient (Wildman–Crippen LogP) is 4.99. The topological polar surface area (TPSA) is 72.5 Å². The number of nitrogens with one attached hydrogen (secondary N) is 1. The molecular formula is C25H27NO4S2. The van der Waals surface area contributed by atoms with E-state index >= 15 is 0 Å². The zero-order valence-corrected chi connectivity index (χ0v) is 19.8. The van der Waals surface area contributed by atoms with Crippen molar-refractivity contribution in [3.63, 3.8) is 0 Å². The molecule has 0 amide bonds. The molecule has 0 aliphatic heterocycles. The van der Waals surface area contributed by atoms with Crippen LogP contribution in [0.25, 0.3) is 0 Å². The molecular weight excluding hydrogens is 442 g/mol. The molecule has 0 fully saturated rings. The smallest absolute Gasteiger partial charge is 0.240 e. The largest absolute Gasteiger partial charge is 0.497 e. The maximum absolute atomic E-state index is 12.9. The van der Waals surface area contributed by atoms with Crippen LogP contribution in [0.4, 0.5) is 0 Å². The van der Waals surface area contributed by atoms with Gasteiger partial charge in [0, 0.05) is 17.4 Å². The molecule has 7 heteroatoms. The molecule has 168 valence electrons. The van der Waals surface area contributed by atoms with Crippen LogP contribution in [-0.2, 0) is 21.2 Å². The Hall–Kier alpha value is -2.61.